The average Bonchev–Trinajstić information content (AvgIpc) is 2.30. The summed E-state index contributed by atoms with van der Waals surface area (Å²) in [5, 5.41) is 9.47. The number of carbonyl (C=O) groups is 1. The van der Waals surface area contributed by atoms with Crippen LogP contribution >= 0.6 is 11.3 Å². The van der Waals surface area contributed by atoms with Crippen molar-refractivity contribution in [2.24, 2.45) is 0 Å². The molecule has 3 nitrogen and oxygen atoms in total. The number of carboxylic acid groups (broad SMARTS) is 1. The molecule has 0 aromatic carbocycles. The van der Waals surface area contributed by atoms with E-state index in [0.717, 1.165) is 17.1 Å². The number of thiazole rings is 1. The highest BCUT2D eigenvalue weighted by Gasteiger charge is 2.13. The van der Waals surface area contributed by atoms with Gasteiger partial charge in [0.2, 0.25) is 0 Å². The monoisotopic (exact) mass is 169 g/mol. The molecule has 1 heterocycles. The van der Waals surface area contributed by atoms with Gasteiger partial charge in [-0.3, -0.25) is 0 Å². The molecule has 0 aliphatic rings. The second kappa shape index (κ2) is 3.05. The molecule has 0 fully saturated rings. The third-order valence-electron chi connectivity index (χ3n) is 1.33. The number of aryl methyl sites for hydroxylation is 1. The summed E-state index contributed by atoms with van der Waals surface area (Å²) in [5.41, 5.74) is 0.218. The van der Waals surface area contributed by atoms with Gasteiger partial charge in [-0.15, -0.1) is 11.3 Å². The quantitative estimate of drug-likeness (QED) is 0.646. The van der Waals surface area contributed by atoms with Crippen LogP contribution in [-0.4, -0.2) is 23.3 Å². The molecule has 0 aliphatic carbocycles. The maximum atomic E-state index is 10.5. The Morgan fingerprint density at radius 2 is 2.36 bits per heavy atom. The number of hydrogen-bond donors (Lipinski definition) is 1. The first-order chi connectivity index (χ1) is 5.15. The van der Waals surface area contributed by atoms with E-state index in [1.165, 1.54) is 11.3 Å². The lowest BCUT2D eigenvalue weighted by Crippen LogP contribution is -2.16. The second-order valence-corrected chi connectivity index (χ2v) is 3.45. The maximum Gasteiger partial charge on any atom is 0.354 e. The molecule has 0 amide bonds. The average molecular weight is 169 g/mol. The predicted molar refractivity (Wildman–Crippen MR) is 46.5 cm³/mol. The summed E-state index contributed by atoms with van der Waals surface area (Å²) in [6, 6.07) is 0. The molecule has 5 heteroatoms. The van der Waals surface area contributed by atoms with Crippen molar-refractivity contribution in [1.82, 2.24) is 4.98 Å². The summed E-state index contributed by atoms with van der Waals surface area (Å²) < 4.78 is 0.856. The Balaban J connectivity index is 3.12. The molecule has 0 radical (unpaired) electrons. The van der Waals surface area contributed by atoms with Crippen LogP contribution in [-0.2, 0) is 0 Å². The van der Waals surface area contributed by atoms with E-state index >= 15 is 0 Å². The Labute approximate surface area is 69.3 Å². The topological polar surface area (TPSA) is 50.2 Å². The minimum Gasteiger partial charge on any atom is -0.477 e. The number of nitrogens with zero attached hydrogens (tertiary/aromatic N) is 1. The normalized spacial score (nSPS) is 9.64. The molecule has 11 heavy (non-hydrogen) atoms. The van der Waals surface area contributed by atoms with Crippen molar-refractivity contribution in [3.8, 4) is 0 Å². The third-order valence-corrected chi connectivity index (χ3v) is 2.44. The largest absolute Gasteiger partial charge is 0.477 e. The number of rotatable bonds is 2. The Bertz CT molecular complexity index is 284. The molecule has 0 bridgehead atoms. The van der Waals surface area contributed by atoms with Crippen LogP contribution in [0.25, 0.3) is 0 Å². The lowest BCUT2D eigenvalue weighted by Gasteiger charge is -1.88. The first-order valence-electron chi connectivity index (χ1n) is 3.34. The van der Waals surface area contributed by atoms with E-state index in [4.69, 9.17) is 5.11 Å². The second-order valence-electron chi connectivity index (χ2n) is 2.16. The van der Waals surface area contributed by atoms with Gasteiger partial charge in [0.25, 0.3) is 0 Å². The summed E-state index contributed by atoms with van der Waals surface area (Å²) in [6.45, 7) is 3.75. The highest BCUT2D eigenvalue weighted by atomic mass is 32.1. The van der Waals surface area contributed by atoms with E-state index in [-0.39, 0.29) is 5.69 Å². The van der Waals surface area contributed by atoms with Crippen LogP contribution in [0.5, 0.6) is 0 Å². The zero-order chi connectivity index (χ0) is 8.43. The number of hydrogen-bond acceptors (Lipinski definition) is 3. The standard InChI is InChI=1S/C6H8BNO2S/c1-3-8-4(6(9)10)5(7-2)11-3/h7H,1-2H3,(H,9,10). The molecule has 1 aromatic heterocycles. The smallest absolute Gasteiger partial charge is 0.354 e. The molecule has 0 unspecified atom stereocenters. The summed E-state index contributed by atoms with van der Waals surface area (Å²) >= 11 is 1.45. The van der Waals surface area contributed by atoms with Crippen LogP contribution in [0, 0.1) is 6.92 Å². The lowest BCUT2D eigenvalue weighted by atomic mass is 9.79. The molecule has 58 valence electrons. The SMILES string of the molecule is CBc1sc(C)nc1C(=O)O. The fourth-order valence-corrected chi connectivity index (χ4v) is 1.74. The van der Waals surface area contributed by atoms with Crippen LogP contribution in [0.2, 0.25) is 6.82 Å². The maximum absolute atomic E-state index is 10.5. The molecule has 0 aliphatic heterocycles. The molecule has 0 atom stereocenters. The highest BCUT2D eigenvalue weighted by Crippen LogP contribution is 2.04. The van der Waals surface area contributed by atoms with Crippen LogP contribution in [0.15, 0.2) is 0 Å². The molecular weight excluding hydrogens is 161 g/mol. The summed E-state index contributed by atoms with van der Waals surface area (Å²) in [5.74, 6) is -0.925. The first kappa shape index (κ1) is 8.26. The lowest BCUT2D eigenvalue weighted by molar-refractivity contribution is 0.0692. The van der Waals surface area contributed by atoms with Crippen LogP contribution in [0.3, 0.4) is 0 Å². The molecule has 0 spiro atoms. The van der Waals surface area contributed by atoms with Gasteiger partial charge in [0.05, 0.1) is 5.01 Å². The molecule has 0 saturated carbocycles. The molecule has 0 saturated heterocycles. The molecular formula is C6H8BNO2S. The van der Waals surface area contributed by atoms with Gasteiger partial charge in [0, 0.05) is 0 Å². The van der Waals surface area contributed by atoms with Crippen molar-refractivity contribution >= 4 is 29.4 Å². The summed E-state index contributed by atoms with van der Waals surface area (Å²) in [7, 11) is 0.743. The van der Waals surface area contributed by atoms with Gasteiger partial charge < -0.3 is 5.11 Å². The first-order valence-corrected chi connectivity index (χ1v) is 4.16. The number of carboxylic acids is 1. The zero-order valence-electron chi connectivity index (χ0n) is 6.42. The van der Waals surface area contributed by atoms with Crippen LogP contribution < -0.4 is 4.78 Å². The van der Waals surface area contributed by atoms with Gasteiger partial charge in [-0.2, -0.15) is 0 Å². The van der Waals surface area contributed by atoms with Crippen LogP contribution in [0.4, 0.5) is 0 Å². The van der Waals surface area contributed by atoms with Crippen molar-refractivity contribution in [2.75, 3.05) is 0 Å². The van der Waals surface area contributed by atoms with E-state index in [1.807, 2.05) is 13.7 Å². The van der Waals surface area contributed by atoms with E-state index < -0.39 is 5.97 Å². The Morgan fingerprint density at radius 3 is 2.73 bits per heavy atom. The number of aromatic carboxylic acids is 1. The van der Waals surface area contributed by atoms with Crippen molar-refractivity contribution in [3.63, 3.8) is 0 Å². The van der Waals surface area contributed by atoms with Gasteiger partial charge >= 0.3 is 5.97 Å². The zero-order valence-corrected chi connectivity index (χ0v) is 7.23. The fraction of sp³-hybridized carbons (Fsp3) is 0.333. The van der Waals surface area contributed by atoms with Gasteiger partial charge in [-0.1, -0.05) is 6.82 Å². The van der Waals surface area contributed by atoms with E-state index in [2.05, 4.69) is 4.98 Å². The predicted octanol–water partition coefficient (Wildman–Crippen LogP) is 0.260. The molecule has 1 rings (SSSR count). The fourth-order valence-electron chi connectivity index (χ4n) is 0.876. The van der Waals surface area contributed by atoms with Crippen molar-refractivity contribution < 1.29 is 9.90 Å². The van der Waals surface area contributed by atoms with Gasteiger partial charge in [-0.05, 0) is 11.7 Å². The van der Waals surface area contributed by atoms with Gasteiger partial charge in [0.1, 0.15) is 0 Å². The Morgan fingerprint density at radius 1 is 1.73 bits per heavy atom. The van der Waals surface area contributed by atoms with Crippen molar-refractivity contribution in [2.45, 2.75) is 13.7 Å². The molecule has 1 N–H and O–H groups in total. The summed E-state index contributed by atoms with van der Waals surface area (Å²) in [4.78, 5) is 14.4. The summed E-state index contributed by atoms with van der Waals surface area (Å²) in [6.07, 6.45) is 0. The Hall–Kier alpha value is -0.835. The van der Waals surface area contributed by atoms with Crippen molar-refractivity contribution in [1.29, 1.82) is 0 Å². The molecule has 1 aromatic rings. The Kier molecular flexibility index (Phi) is 2.29. The minimum atomic E-state index is -0.925. The van der Waals surface area contributed by atoms with E-state index in [0.29, 0.717) is 0 Å². The van der Waals surface area contributed by atoms with E-state index in [1.54, 1.807) is 0 Å². The van der Waals surface area contributed by atoms with Crippen LogP contribution in [0.1, 0.15) is 15.5 Å². The van der Waals surface area contributed by atoms with E-state index in [9.17, 15) is 4.79 Å². The highest BCUT2D eigenvalue weighted by molar-refractivity contribution is 7.21. The minimum absolute atomic E-state index is 0.218. The number of aromatic nitrogens is 1. The van der Waals surface area contributed by atoms with Gasteiger partial charge in [-0.25, -0.2) is 9.78 Å². The third kappa shape index (κ3) is 1.60. The van der Waals surface area contributed by atoms with Gasteiger partial charge in [0.15, 0.2) is 13.0 Å². The van der Waals surface area contributed by atoms with Crippen molar-refractivity contribution in [3.05, 3.63) is 10.7 Å².